The van der Waals surface area contributed by atoms with Crippen LogP contribution in [0.25, 0.3) is 5.65 Å². The van der Waals surface area contributed by atoms with Gasteiger partial charge in [0.15, 0.2) is 17.4 Å². The lowest BCUT2D eigenvalue weighted by Crippen LogP contribution is -2.37. The van der Waals surface area contributed by atoms with E-state index in [1.807, 2.05) is 28.8 Å². The molecule has 172 valence electrons. The molecule has 0 aliphatic carbocycles. The highest BCUT2D eigenvalue weighted by Gasteiger charge is 2.17. The number of halogens is 1. The van der Waals surface area contributed by atoms with Crippen molar-refractivity contribution in [2.24, 2.45) is 10.9 Å². The normalized spacial score (nSPS) is 17.2. The Hall–Kier alpha value is -2.20. The van der Waals surface area contributed by atoms with Gasteiger partial charge in [-0.25, -0.2) is 4.99 Å². The zero-order chi connectivity index (χ0) is 21.5. The second-order valence-electron chi connectivity index (χ2n) is 8.35. The standard InChI is InChI=1S/C24H33N7.HI/c1-3-25-24(27-16-23-29-28-22-12-6-7-14-31(22)23)26-15-20-10-4-5-11-21(20)18-30-13-8-9-19(2)17-30;/h4-7,10-12,14,19H,3,8-9,13,15-18H2,1-2H3,(H2,25,26,27);1H. The van der Waals surface area contributed by atoms with Gasteiger partial charge in [-0.2, -0.15) is 0 Å². The number of piperidine rings is 1. The first kappa shape index (κ1) is 24.4. The van der Waals surface area contributed by atoms with Crippen LogP contribution in [-0.4, -0.2) is 45.1 Å². The molecule has 2 N–H and O–H groups in total. The average Bonchev–Trinajstić information content (AvgIpc) is 3.20. The fourth-order valence-corrected chi connectivity index (χ4v) is 4.22. The molecule has 0 bridgehead atoms. The summed E-state index contributed by atoms with van der Waals surface area (Å²) in [5, 5.41) is 15.2. The molecule has 0 amide bonds. The Balaban J connectivity index is 0.00000289. The first-order valence-electron chi connectivity index (χ1n) is 11.3. The van der Waals surface area contributed by atoms with Crippen LogP contribution >= 0.6 is 24.0 Å². The van der Waals surface area contributed by atoms with Crippen LogP contribution in [-0.2, 0) is 19.6 Å². The number of pyridine rings is 1. The molecule has 1 aliphatic heterocycles. The van der Waals surface area contributed by atoms with Crippen molar-refractivity contribution in [3.63, 3.8) is 0 Å². The van der Waals surface area contributed by atoms with Crippen molar-refractivity contribution in [1.29, 1.82) is 0 Å². The number of hydrogen-bond donors (Lipinski definition) is 2. The predicted molar refractivity (Wildman–Crippen MR) is 140 cm³/mol. The van der Waals surface area contributed by atoms with Crippen molar-refractivity contribution in [3.05, 3.63) is 65.6 Å². The van der Waals surface area contributed by atoms with Gasteiger partial charge in [0, 0.05) is 25.8 Å². The maximum absolute atomic E-state index is 4.85. The molecule has 8 heteroatoms. The molecular weight excluding hydrogens is 513 g/mol. The fraction of sp³-hybridized carbons (Fsp3) is 0.458. The van der Waals surface area contributed by atoms with Gasteiger partial charge >= 0.3 is 0 Å². The maximum Gasteiger partial charge on any atom is 0.191 e. The van der Waals surface area contributed by atoms with Crippen LogP contribution in [0.3, 0.4) is 0 Å². The van der Waals surface area contributed by atoms with Gasteiger partial charge in [0.25, 0.3) is 0 Å². The number of likely N-dealkylation sites (tertiary alicyclic amines) is 1. The van der Waals surface area contributed by atoms with Crippen LogP contribution in [0.2, 0.25) is 0 Å². The van der Waals surface area contributed by atoms with Gasteiger partial charge in [0.05, 0.1) is 13.1 Å². The molecule has 0 saturated carbocycles. The third kappa shape index (κ3) is 6.41. The van der Waals surface area contributed by atoms with Crippen LogP contribution in [0, 0.1) is 5.92 Å². The van der Waals surface area contributed by atoms with E-state index in [0.717, 1.165) is 36.4 Å². The van der Waals surface area contributed by atoms with E-state index >= 15 is 0 Å². The number of benzene rings is 1. The summed E-state index contributed by atoms with van der Waals surface area (Å²) in [5.41, 5.74) is 3.51. The van der Waals surface area contributed by atoms with Gasteiger partial charge in [-0.15, -0.1) is 34.2 Å². The zero-order valence-corrected chi connectivity index (χ0v) is 21.3. The molecule has 0 radical (unpaired) electrons. The zero-order valence-electron chi connectivity index (χ0n) is 19.0. The average molecular weight is 547 g/mol. The lowest BCUT2D eigenvalue weighted by atomic mass is 9.99. The molecular formula is C24H34IN7. The maximum atomic E-state index is 4.85. The number of aromatic nitrogens is 3. The minimum absolute atomic E-state index is 0. The molecule has 3 heterocycles. The lowest BCUT2D eigenvalue weighted by Gasteiger charge is -2.31. The Labute approximate surface area is 207 Å². The first-order chi connectivity index (χ1) is 15.2. The number of nitrogens with zero attached hydrogens (tertiary/aromatic N) is 5. The first-order valence-corrected chi connectivity index (χ1v) is 11.3. The van der Waals surface area contributed by atoms with Gasteiger partial charge in [-0.05, 0) is 55.5 Å². The Kier molecular flexibility index (Phi) is 9.28. The molecule has 2 aromatic heterocycles. The summed E-state index contributed by atoms with van der Waals surface area (Å²) in [5.74, 6) is 2.44. The Bertz CT molecular complexity index is 1020. The quantitative estimate of drug-likeness (QED) is 0.268. The van der Waals surface area contributed by atoms with E-state index in [-0.39, 0.29) is 24.0 Å². The Morgan fingerprint density at radius 1 is 1.09 bits per heavy atom. The molecule has 3 aromatic rings. The lowest BCUT2D eigenvalue weighted by molar-refractivity contribution is 0.176. The van der Waals surface area contributed by atoms with Crippen molar-refractivity contribution in [2.45, 2.75) is 46.3 Å². The van der Waals surface area contributed by atoms with E-state index in [4.69, 9.17) is 4.99 Å². The summed E-state index contributed by atoms with van der Waals surface area (Å²) in [6, 6.07) is 14.6. The molecule has 1 saturated heterocycles. The molecule has 7 nitrogen and oxygen atoms in total. The van der Waals surface area contributed by atoms with Crippen LogP contribution in [0.15, 0.2) is 53.7 Å². The highest BCUT2D eigenvalue weighted by atomic mass is 127. The van der Waals surface area contributed by atoms with Gasteiger partial charge in [-0.1, -0.05) is 37.3 Å². The van der Waals surface area contributed by atoms with Gasteiger partial charge in [-0.3, -0.25) is 9.30 Å². The smallest absolute Gasteiger partial charge is 0.191 e. The van der Waals surface area contributed by atoms with Crippen LogP contribution < -0.4 is 10.6 Å². The number of guanidine groups is 1. The minimum Gasteiger partial charge on any atom is -0.357 e. The van der Waals surface area contributed by atoms with E-state index in [0.29, 0.717) is 13.1 Å². The highest BCUT2D eigenvalue weighted by Crippen LogP contribution is 2.20. The van der Waals surface area contributed by atoms with Gasteiger partial charge in [0.1, 0.15) is 0 Å². The van der Waals surface area contributed by atoms with Crippen molar-refractivity contribution in [2.75, 3.05) is 19.6 Å². The van der Waals surface area contributed by atoms with Crippen LogP contribution in [0.4, 0.5) is 0 Å². The van der Waals surface area contributed by atoms with Crippen LogP contribution in [0.1, 0.15) is 43.6 Å². The highest BCUT2D eigenvalue weighted by molar-refractivity contribution is 14.0. The van der Waals surface area contributed by atoms with E-state index in [1.54, 1.807) is 0 Å². The second kappa shape index (κ2) is 12.2. The summed E-state index contributed by atoms with van der Waals surface area (Å²) >= 11 is 0. The molecule has 1 aromatic carbocycles. The molecule has 1 atom stereocenters. The number of rotatable bonds is 7. The largest absolute Gasteiger partial charge is 0.357 e. The fourth-order valence-electron chi connectivity index (χ4n) is 4.22. The van der Waals surface area contributed by atoms with E-state index in [9.17, 15) is 0 Å². The Morgan fingerprint density at radius 3 is 2.72 bits per heavy atom. The van der Waals surface area contributed by atoms with E-state index in [2.05, 4.69) is 63.8 Å². The van der Waals surface area contributed by atoms with Crippen molar-refractivity contribution >= 4 is 35.6 Å². The third-order valence-corrected chi connectivity index (χ3v) is 5.80. The van der Waals surface area contributed by atoms with E-state index < -0.39 is 0 Å². The SMILES string of the molecule is CCNC(=NCc1ccccc1CN1CCCC(C)C1)NCc1nnc2ccccn12.I. The van der Waals surface area contributed by atoms with Gasteiger partial charge < -0.3 is 10.6 Å². The van der Waals surface area contributed by atoms with Gasteiger partial charge in [0.2, 0.25) is 0 Å². The summed E-state index contributed by atoms with van der Waals surface area (Å²) in [6.07, 6.45) is 4.63. The number of aliphatic imine (C=N–C) groups is 1. The summed E-state index contributed by atoms with van der Waals surface area (Å²) < 4.78 is 1.99. The molecule has 1 aliphatic rings. The molecule has 1 fully saturated rings. The Morgan fingerprint density at radius 2 is 1.91 bits per heavy atom. The second-order valence-corrected chi connectivity index (χ2v) is 8.35. The topological polar surface area (TPSA) is 69.8 Å². The van der Waals surface area contributed by atoms with E-state index in [1.165, 1.54) is 37.1 Å². The summed E-state index contributed by atoms with van der Waals surface area (Å²) in [6.45, 7) is 9.84. The minimum atomic E-state index is 0. The summed E-state index contributed by atoms with van der Waals surface area (Å²) in [7, 11) is 0. The molecule has 1 unspecified atom stereocenters. The molecule has 32 heavy (non-hydrogen) atoms. The summed E-state index contributed by atoms with van der Waals surface area (Å²) in [4.78, 5) is 7.43. The predicted octanol–water partition coefficient (Wildman–Crippen LogP) is 3.83. The van der Waals surface area contributed by atoms with Crippen molar-refractivity contribution < 1.29 is 0 Å². The monoisotopic (exact) mass is 547 g/mol. The van der Waals surface area contributed by atoms with Crippen molar-refractivity contribution in [1.82, 2.24) is 30.1 Å². The molecule has 4 rings (SSSR count). The number of hydrogen-bond acceptors (Lipinski definition) is 4. The number of fused-ring (bicyclic) bond motifs is 1. The van der Waals surface area contributed by atoms with Crippen LogP contribution in [0.5, 0.6) is 0 Å². The molecule has 0 spiro atoms. The number of nitrogens with one attached hydrogen (secondary N) is 2. The van der Waals surface area contributed by atoms with Crippen molar-refractivity contribution in [3.8, 4) is 0 Å². The third-order valence-electron chi connectivity index (χ3n) is 5.80.